The van der Waals surface area contributed by atoms with Crippen LogP contribution in [0.4, 0.5) is 5.69 Å². The van der Waals surface area contributed by atoms with Gasteiger partial charge in [0.25, 0.3) is 5.91 Å². The van der Waals surface area contributed by atoms with E-state index in [0.29, 0.717) is 16.4 Å². The monoisotopic (exact) mass is 311 g/mol. The van der Waals surface area contributed by atoms with Crippen molar-refractivity contribution in [3.8, 4) is 11.3 Å². The van der Waals surface area contributed by atoms with E-state index in [2.05, 4.69) is 10.2 Å². The molecule has 0 aliphatic carbocycles. The Morgan fingerprint density at radius 3 is 2.50 bits per heavy atom. The van der Waals surface area contributed by atoms with Crippen LogP contribution in [0.15, 0.2) is 60.7 Å². The maximum atomic E-state index is 12.5. The molecule has 1 heterocycles. The average Bonchev–Trinajstić information content (AvgIpc) is 3.04. The summed E-state index contributed by atoms with van der Waals surface area (Å²) in [6.45, 7) is 0. The van der Waals surface area contributed by atoms with Crippen molar-refractivity contribution < 1.29 is 4.79 Å². The fourth-order valence-corrected chi connectivity index (χ4v) is 2.42. The van der Waals surface area contributed by atoms with Crippen LogP contribution in [-0.4, -0.2) is 23.2 Å². The lowest BCUT2D eigenvalue weighted by Crippen LogP contribution is -2.26. The predicted octanol–water partition coefficient (Wildman–Crippen LogP) is 4.01. The molecule has 0 radical (unpaired) electrons. The van der Waals surface area contributed by atoms with Crippen molar-refractivity contribution in [2.24, 2.45) is 0 Å². The summed E-state index contributed by atoms with van der Waals surface area (Å²) >= 11 is 6.16. The summed E-state index contributed by atoms with van der Waals surface area (Å²) < 4.78 is 0. The number of benzene rings is 2. The summed E-state index contributed by atoms with van der Waals surface area (Å²) in [5.41, 5.74) is 2.68. The first-order valence-corrected chi connectivity index (χ1v) is 7.18. The van der Waals surface area contributed by atoms with Gasteiger partial charge in [-0.25, -0.2) is 0 Å². The molecule has 2 aromatic carbocycles. The van der Waals surface area contributed by atoms with E-state index in [1.165, 1.54) is 0 Å². The summed E-state index contributed by atoms with van der Waals surface area (Å²) in [6.07, 6.45) is 0. The first kappa shape index (κ1) is 14.4. The number of nitrogens with zero attached hydrogens (tertiary/aromatic N) is 2. The van der Waals surface area contributed by atoms with Crippen LogP contribution in [0.5, 0.6) is 0 Å². The molecule has 1 aromatic heterocycles. The molecule has 3 rings (SSSR count). The fourth-order valence-electron chi connectivity index (χ4n) is 2.19. The Hall–Kier alpha value is -2.59. The number of para-hydroxylation sites is 1. The summed E-state index contributed by atoms with van der Waals surface area (Å²) in [4.78, 5) is 14.1. The van der Waals surface area contributed by atoms with Gasteiger partial charge in [0.15, 0.2) is 0 Å². The SMILES string of the molecule is CN(C(=O)c1cc(-c2ccccc2Cl)n[nH]1)c1ccccc1. The molecule has 22 heavy (non-hydrogen) atoms. The van der Waals surface area contributed by atoms with Gasteiger partial charge in [-0.05, 0) is 24.3 Å². The van der Waals surface area contributed by atoms with E-state index in [4.69, 9.17) is 11.6 Å². The van der Waals surface area contributed by atoms with Gasteiger partial charge in [0, 0.05) is 18.3 Å². The zero-order chi connectivity index (χ0) is 15.5. The topological polar surface area (TPSA) is 49.0 Å². The molecule has 0 aliphatic rings. The van der Waals surface area contributed by atoms with E-state index in [-0.39, 0.29) is 5.91 Å². The van der Waals surface area contributed by atoms with Crippen molar-refractivity contribution in [2.75, 3.05) is 11.9 Å². The van der Waals surface area contributed by atoms with E-state index < -0.39 is 0 Å². The number of halogens is 1. The molecule has 110 valence electrons. The molecule has 0 saturated carbocycles. The Bertz CT molecular complexity index is 798. The number of anilines is 1. The van der Waals surface area contributed by atoms with Gasteiger partial charge in [-0.1, -0.05) is 48.0 Å². The minimum Gasteiger partial charge on any atom is -0.310 e. The van der Waals surface area contributed by atoms with E-state index in [0.717, 1.165) is 11.3 Å². The lowest BCUT2D eigenvalue weighted by atomic mass is 10.1. The Kier molecular flexibility index (Phi) is 3.94. The molecule has 0 bridgehead atoms. The first-order valence-electron chi connectivity index (χ1n) is 6.80. The highest BCUT2D eigenvalue weighted by Gasteiger charge is 2.17. The quantitative estimate of drug-likeness (QED) is 0.794. The second kappa shape index (κ2) is 6.03. The third kappa shape index (κ3) is 2.73. The van der Waals surface area contributed by atoms with Gasteiger partial charge >= 0.3 is 0 Å². The number of hydrogen-bond acceptors (Lipinski definition) is 2. The molecule has 1 N–H and O–H groups in total. The van der Waals surface area contributed by atoms with Crippen LogP contribution in [0.2, 0.25) is 5.02 Å². The molecule has 4 nitrogen and oxygen atoms in total. The second-order valence-corrected chi connectivity index (χ2v) is 5.25. The summed E-state index contributed by atoms with van der Waals surface area (Å²) in [5.74, 6) is -0.156. The largest absolute Gasteiger partial charge is 0.310 e. The number of amides is 1. The van der Waals surface area contributed by atoms with E-state index >= 15 is 0 Å². The van der Waals surface area contributed by atoms with Crippen LogP contribution in [0.3, 0.4) is 0 Å². The molecular formula is C17H14ClN3O. The molecule has 0 unspecified atom stereocenters. The molecule has 0 spiro atoms. The molecule has 0 atom stereocenters. The number of carbonyl (C=O) groups is 1. The van der Waals surface area contributed by atoms with Gasteiger partial charge < -0.3 is 4.90 Å². The Balaban J connectivity index is 1.88. The lowest BCUT2D eigenvalue weighted by Gasteiger charge is -2.15. The average molecular weight is 312 g/mol. The minimum atomic E-state index is -0.156. The second-order valence-electron chi connectivity index (χ2n) is 4.85. The van der Waals surface area contributed by atoms with Gasteiger partial charge in [0.05, 0.1) is 10.7 Å². The zero-order valence-corrected chi connectivity index (χ0v) is 12.7. The van der Waals surface area contributed by atoms with Crippen molar-refractivity contribution in [2.45, 2.75) is 0 Å². The predicted molar refractivity (Wildman–Crippen MR) is 88.2 cm³/mol. The molecule has 0 saturated heterocycles. The van der Waals surface area contributed by atoms with Crippen molar-refractivity contribution in [1.82, 2.24) is 10.2 Å². The fraction of sp³-hybridized carbons (Fsp3) is 0.0588. The van der Waals surface area contributed by atoms with E-state index in [9.17, 15) is 4.79 Å². The van der Waals surface area contributed by atoms with Crippen LogP contribution in [0.25, 0.3) is 11.3 Å². The van der Waals surface area contributed by atoms with Crippen LogP contribution in [0, 0.1) is 0 Å². The molecular weight excluding hydrogens is 298 g/mol. The number of rotatable bonds is 3. The smallest absolute Gasteiger partial charge is 0.276 e. The Labute approximate surface area is 133 Å². The van der Waals surface area contributed by atoms with Gasteiger partial charge in [0.1, 0.15) is 5.69 Å². The van der Waals surface area contributed by atoms with Gasteiger partial charge in [-0.15, -0.1) is 0 Å². The van der Waals surface area contributed by atoms with Crippen LogP contribution < -0.4 is 4.90 Å². The van der Waals surface area contributed by atoms with Crippen molar-refractivity contribution in [3.63, 3.8) is 0 Å². The number of nitrogens with one attached hydrogen (secondary N) is 1. The van der Waals surface area contributed by atoms with Crippen LogP contribution in [-0.2, 0) is 0 Å². The zero-order valence-electron chi connectivity index (χ0n) is 12.0. The van der Waals surface area contributed by atoms with Crippen LogP contribution >= 0.6 is 11.6 Å². The maximum Gasteiger partial charge on any atom is 0.276 e. The first-order chi connectivity index (χ1) is 10.7. The summed E-state index contributed by atoms with van der Waals surface area (Å²) in [6, 6.07) is 18.6. The third-order valence-corrected chi connectivity index (χ3v) is 3.74. The number of hydrogen-bond donors (Lipinski definition) is 1. The Morgan fingerprint density at radius 1 is 1.09 bits per heavy atom. The summed E-state index contributed by atoms with van der Waals surface area (Å²) in [5, 5.41) is 7.57. The van der Waals surface area contributed by atoms with Crippen molar-refractivity contribution >= 4 is 23.2 Å². The highest BCUT2D eigenvalue weighted by Crippen LogP contribution is 2.26. The normalized spacial score (nSPS) is 10.5. The molecule has 5 heteroatoms. The number of H-pyrrole nitrogens is 1. The molecule has 0 aliphatic heterocycles. The number of carbonyl (C=O) groups excluding carboxylic acids is 1. The minimum absolute atomic E-state index is 0.156. The van der Waals surface area contributed by atoms with Crippen molar-refractivity contribution in [1.29, 1.82) is 0 Å². The van der Waals surface area contributed by atoms with Crippen LogP contribution in [0.1, 0.15) is 10.5 Å². The number of aromatic amines is 1. The summed E-state index contributed by atoms with van der Waals surface area (Å²) in [7, 11) is 1.73. The molecule has 3 aromatic rings. The lowest BCUT2D eigenvalue weighted by molar-refractivity contribution is 0.0988. The highest BCUT2D eigenvalue weighted by atomic mass is 35.5. The number of aromatic nitrogens is 2. The van der Waals surface area contributed by atoms with E-state index in [1.54, 1.807) is 24.1 Å². The van der Waals surface area contributed by atoms with E-state index in [1.807, 2.05) is 48.5 Å². The Morgan fingerprint density at radius 2 is 1.77 bits per heavy atom. The maximum absolute atomic E-state index is 12.5. The highest BCUT2D eigenvalue weighted by molar-refractivity contribution is 6.33. The van der Waals surface area contributed by atoms with Gasteiger partial charge in [-0.3, -0.25) is 9.89 Å². The third-order valence-electron chi connectivity index (χ3n) is 3.41. The standard InChI is InChI=1S/C17H14ClN3O/c1-21(12-7-3-2-4-8-12)17(22)16-11-15(19-20-16)13-9-5-6-10-14(13)18/h2-11H,1H3,(H,19,20). The van der Waals surface area contributed by atoms with Crippen molar-refractivity contribution in [3.05, 3.63) is 71.4 Å². The molecule has 0 fully saturated rings. The van der Waals surface area contributed by atoms with Gasteiger partial charge in [0.2, 0.25) is 0 Å². The van der Waals surface area contributed by atoms with Gasteiger partial charge in [-0.2, -0.15) is 5.10 Å². The molecule has 1 amide bonds.